The maximum atomic E-state index is 11.6. The molecule has 0 aliphatic heterocycles. The molecule has 8 heteroatoms. The van der Waals surface area contributed by atoms with E-state index in [0.29, 0.717) is 5.56 Å². The predicted octanol–water partition coefficient (Wildman–Crippen LogP) is 2.73. The number of rotatable bonds is 4. The Balaban J connectivity index is 2.05. The zero-order chi connectivity index (χ0) is 16.3. The average Bonchev–Trinajstić information content (AvgIpc) is 2.92. The van der Waals surface area contributed by atoms with E-state index in [1.807, 2.05) is 0 Å². The molecule has 116 valence electrons. The van der Waals surface area contributed by atoms with Crippen LogP contribution < -0.4 is 0 Å². The molecule has 0 spiro atoms. The van der Waals surface area contributed by atoms with Crippen LogP contribution in [0, 0.1) is 15.5 Å². The van der Waals surface area contributed by atoms with Gasteiger partial charge in [0.2, 0.25) is 5.82 Å². The third-order valence-corrected chi connectivity index (χ3v) is 2.74. The molecule has 22 heavy (non-hydrogen) atoms. The van der Waals surface area contributed by atoms with Gasteiger partial charge in [-0.1, -0.05) is 5.16 Å². The van der Waals surface area contributed by atoms with E-state index >= 15 is 0 Å². The molecular formula is C14H15N3O5. The number of ether oxygens (including phenoxy) is 1. The third-order valence-electron chi connectivity index (χ3n) is 2.74. The summed E-state index contributed by atoms with van der Waals surface area (Å²) in [5.41, 5.74) is -0.0839. The number of nitrogens with zero attached hydrogens (tertiary/aromatic N) is 3. The normalized spacial score (nSPS) is 11.2. The van der Waals surface area contributed by atoms with Gasteiger partial charge in [-0.05, 0) is 32.9 Å². The largest absolute Gasteiger partial charge is 0.457 e. The number of hydrogen-bond acceptors (Lipinski definition) is 7. The fourth-order valence-corrected chi connectivity index (χ4v) is 1.50. The lowest BCUT2D eigenvalue weighted by Gasteiger charge is -2.15. The van der Waals surface area contributed by atoms with Crippen LogP contribution in [0.1, 0.15) is 26.6 Å². The second-order valence-corrected chi connectivity index (χ2v) is 5.65. The summed E-state index contributed by atoms with van der Waals surface area (Å²) >= 11 is 0. The zero-order valence-electron chi connectivity index (χ0n) is 12.4. The lowest BCUT2D eigenvalue weighted by molar-refractivity contribution is -0.384. The predicted molar refractivity (Wildman–Crippen MR) is 75.6 cm³/mol. The van der Waals surface area contributed by atoms with Gasteiger partial charge in [-0.3, -0.25) is 14.9 Å². The Bertz CT molecular complexity index is 685. The van der Waals surface area contributed by atoms with E-state index in [0.717, 1.165) is 0 Å². The Hall–Kier alpha value is -2.77. The van der Waals surface area contributed by atoms with Gasteiger partial charge in [0.25, 0.3) is 11.6 Å². The number of carbonyl (C=O) groups excluding carboxylic acids is 1. The Morgan fingerprint density at radius 2 is 1.95 bits per heavy atom. The highest BCUT2D eigenvalue weighted by atomic mass is 16.6. The molecule has 8 nitrogen and oxygen atoms in total. The van der Waals surface area contributed by atoms with Crippen LogP contribution in [-0.2, 0) is 16.1 Å². The van der Waals surface area contributed by atoms with Crippen molar-refractivity contribution in [3.8, 4) is 11.5 Å². The van der Waals surface area contributed by atoms with E-state index in [1.165, 1.54) is 24.3 Å². The van der Waals surface area contributed by atoms with E-state index in [9.17, 15) is 14.9 Å². The maximum Gasteiger partial charge on any atom is 0.311 e. The van der Waals surface area contributed by atoms with Crippen LogP contribution in [0.5, 0.6) is 0 Å². The Morgan fingerprint density at radius 1 is 1.32 bits per heavy atom. The molecule has 0 saturated carbocycles. The number of nitro benzene ring substituents is 1. The molecule has 0 saturated heterocycles. The van der Waals surface area contributed by atoms with Gasteiger partial charge < -0.3 is 9.26 Å². The molecule has 1 aromatic carbocycles. The van der Waals surface area contributed by atoms with E-state index in [4.69, 9.17) is 9.26 Å². The van der Waals surface area contributed by atoms with Crippen LogP contribution in [0.3, 0.4) is 0 Å². The van der Waals surface area contributed by atoms with Crippen molar-refractivity contribution in [2.24, 2.45) is 5.41 Å². The first-order valence-electron chi connectivity index (χ1n) is 6.52. The summed E-state index contributed by atoms with van der Waals surface area (Å²) in [6.45, 7) is 5.14. The van der Waals surface area contributed by atoms with E-state index < -0.39 is 10.3 Å². The Kier molecular flexibility index (Phi) is 4.20. The van der Waals surface area contributed by atoms with Crippen molar-refractivity contribution in [2.45, 2.75) is 27.4 Å². The monoisotopic (exact) mass is 305 g/mol. The van der Waals surface area contributed by atoms with Crippen molar-refractivity contribution in [1.82, 2.24) is 10.1 Å². The van der Waals surface area contributed by atoms with Crippen LogP contribution in [0.25, 0.3) is 11.5 Å². The molecule has 1 aromatic heterocycles. The maximum absolute atomic E-state index is 11.6. The number of nitro groups is 1. The summed E-state index contributed by atoms with van der Waals surface area (Å²) in [6, 6.07) is 5.71. The number of aromatic nitrogens is 2. The molecule has 0 fully saturated rings. The fraction of sp³-hybridized carbons (Fsp3) is 0.357. The third kappa shape index (κ3) is 3.66. The van der Waals surface area contributed by atoms with Crippen molar-refractivity contribution in [1.29, 1.82) is 0 Å². The molecular weight excluding hydrogens is 290 g/mol. The fourth-order valence-electron chi connectivity index (χ4n) is 1.50. The molecule has 2 aromatic rings. The molecule has 1 heterocycles. The van der Waals surface area contributed by atoms with Crippen molar-refractivity contribution in [3.63, 3.8) is 0 Å². The van der Waals surface area contributed by atoms with E-state index in [2.05, 4.69) is 10.1 Å². The minimum atomic E-state index is -0.606. The molecule has 0 N–H and O–H groups in total. The molecule has 0 aliphatic carbocycles. The van der Waals surface area contributed by atoms with Gasteiger partial charge >= 0.3 is 5.97 Å². The quantitative estimate of drug-likeness (QED) is 0.485. The van der Waals surface area contributed by atoms with Gasteiger partial charge in [0.1, 0.15) is 0 Å². The van der Waals surface area contributed by atoms with Crippen molar-refractivity contribution >= 4 is 11.7 Å². The van der Waals surface area contributed by atoms with Gasteiger partial charge in [0.15, 0.2) is 6.61 Å². The lowest BCUT2D eigenvalue weighted by atomic mass is 9.97. The Labute approximate surface area is 126 Å². The molecule has 0 bridgehead atoms. The second kappa shape index (κ2) is 5.92. The van der Waals surface area contributed by atoms with Crippen LogP contribution >= 0.6 is 0 Å². The molecule has 0 aliphatic rings. The summed E-state index contributed by atoms with van der Waals surface area (Å²) in [4.78, 5) is 25.8. The highest BCUT2D eigenvalue weighted by molar-refractivity contribution is 5.75. The molecule has 0 atom stereocenters. The van der Waals surface area contributed by atoms with Gasteiger partial charge in [0, 0.05) is 17.7 Å². The standard InChI is InChI=1S/C14H15N3O5/c1-14(2,3)13(18)21-8-11-15-12(22-16-11)9-4-6-10(7-5-9)17(19)20/h4-7H,8H2,1-3H3. The number of hydrogen-bond donors (Lipinski definition) is 0. The lowest BCUT2D eigenvalue weighted by Crippen LogP contribution is -2.22. The molecule has 2 rings (SSSR count). The number of esters is 1. The minimum absolute atomic E-state index is 0.0254. The van der Waals surface area contributed by atoms with Crippen molar-refractivity contribution in [2.75, 3.05) is 0 Å². The molecule has 0 unspecified atom stereocenters. The topological polar surface area (TPSA) is 108 Å². The summed E-state index contributed by atoms with van der Waals surface area (Å²) in [7, 11) is 0. The summed E-state index contributed by atoms with van der Waals surface area (Å²) in [6.07, 6.45) is 0. The first-order valence-corrected chi connectivity index (χ1v) is 6.52. The summed E-state index contributed by atoms with van der Waals surface area (Å²) in [5, 5.41) is 14.3. The highest BCUT2D eigenvalue weighted by Crippen LogP contribution is 2.21. The highest BCUT2D eigenvalue weighted by Gasteiger charge is 2.23. The van der Waals surface area contributed by atoms with Crippen molar-refractivity contribution in [3.05, 3.63) is 40.2 Å². The SMILES string of the molecule is CC(C)(C)C(=O)OCc1noc(-c2ccc([N+](=O)[O-])cc2)n1. The van der Waals surface area contributed by atoms with E-state index in [-0.39, 0.29) is 30.0 Å². The average molecular weight is 305 g/mol. The minimum Gasteiger partial charge on any atom is -0.457 e. The summed E-state index contributed by atoms with van der Waals surface area (Å²) in [5.74, 6) is 0.0665. The van der Waals surface area contributed by atoms with Gasteiger partial charge in [-0.25, -0.2) is 0 Å². The van der Waals surface area contributed by atoms with Crippen LogP contribution in [0.4, 0.5) is 5.69 Å². The number of non-ortho nitro benzene ring substituents is 1. The van der Waals surface area contributed by atoms with Gasteiger partial charge in [0.05, 0.1) is 10.3 Å². The first-order chi connectivity index (χ1) is 10.3. The zero-order valence-corrected chi connectivity index (χ0v) is 12.4. The first kappa shape index (κ1) is 15.6. The van der Waals surface area contributed by atoms with Gasteiger partial charge in [-0.2, -0.15) is 4.98 Å². The second-order valence-electron chi connectivity index (χ2n) is 5.65. The van der Waals surface area contributed by atoms with Crippen molar-refractivity contribution < 1.29 is 19.0 Å². The van der Waals surface area contributed by atoms with Crippen LogP contribution in [0.2, 0.25) is 0 Å². The smallest absolute Gasteiger partial charge is 0.311 e. The number of carbonyl (C=O) groups is 1. The summed E-state index contributed by atoms with van der Waals surface area (Å²) < 4.78 is 10.1. The Morgan fingerprint density at radius 3 is 2.50 bits per heavy atom. The molecule has 0 radical (unpaired) electrons. The number of benzene rings is 1. The van der Waals surface area contributed by atoms with Crippen LogP contribution in [-0.4, -0.2) is 21.0 Å². The van der Waals surface area contributed by atoms with E-state index in [1.54, 1.807) is 20.8 Å². The molecule has 0 amide bonds. The van der Waals surface area contributed by atoms with Crippen LogP contribution in [0.15, 0.2) is 28.8 Å². The van der Waals surface area contributed by atoms with Gasteiger partial charge in [-0.15, -0.1) is 0 Å².